The quantitative estimate of drug-likeness (QED) is 0.503. The van der Waals surface area contributed by atoms with Gasteiger partial charge in [-0.25, -0.2) is 0 Å². The Balaban J connectivity index is 1.72. The molecule has 0 aliphatic carbocycles. The molecule has 2 aliphatic rings. The summed E-state index contributed by atoms with van der Waals surface area (Å²) < 4.78 is 0. The van der Waals surface area contributed by atoms with Gasteiger partial charge in [-0.05, 0) is 58.2 Å². The summed E-state index contributed by atoms with van der Waals surface area (Å²) in [5.74, 6) is 1.86. The van der Waals surface area contributed by atoms with Crippen LogP contribution in [-0.2, 0) is 4.79 Å². The number of amides is 1. The average Bonchev–Trinajstić information content (AvgIpc) is 2.58. The number of carbonyl (C=O) groups excluding carboxylic acids is 1. The van der Waals surface area contributed by atoms with Gasteiger partial charge in [0.25, 0.3) is 0 Å². The molecule has 2 saturated heterocycles. The molecule has 2 heterocycles. The molecule has 2 fully saturated rings. The van der Waals surface area contributed by atoms with Crippen LogP contribution < -0.4 is 16.0 Å². The number of likely N-dealkylation sites (tertiary alicyclic amines) is 1. The molecular weight excluding hydrogens is 290 g/mol. The number of hydrogen-bond acceptors (Lipinski definition) is 3. The van der Waals surface area contributed by atoms with Crippen LogP contribution in [0.1, 0.15) is 46.0 Å². The van der Waals surface area contributed by atoms with Crippen molar-refractivity contribution in [2.24, 2.45) is 10.9 Å². The molecule has 2 rings (SSSR count). The van der Waals surface area contributed by atoms with Gasteiger partial charge in [-0.3, -0.25) is 9.79 Å². The number of nitrogens with zero attached hydrogens (tertiary/aromatic N) is 2. The molecule has 0 radical (unpaired) electrons. The van der Waals surface area contributed by atoms with Gasteiger partial charge in [0.2, 0.25) is 5.91 Å². The summed E-state index contributed by atoms with van der Waals surface area (Å²) in [5.41, 5.74) is 0. The normalized spacial score (nSPS) is 24.3. The topological polar surface area (TPSA) is 68.8 Å². The van der Waals surface area contributed by atoms with E-state index in [2.05, 4.69) is 34.7 Å². The Morgan fingerprint density at radius 1 is 1.30 bits per heavy atom. The first-order valence-corrected chi connectivity index (χ1v) is 9.25. The number of piperidine rings is 2. The van der Waals surface area contributed by atoms with E-state index < -0.39 is 0 Å². The molecular formula is C17H33N5O. The first kappa shape index (κ1) is 18.0. The van der Waals surface area contributed by atoms with E-state index in [0.717, 1.165) is 31.4 Å². The minimum atomic E-state index is 0.156. The number of guanidine groups is 1. The highest BCUT2D eigenvalue weighted by molar-refractivity contribution is 5.81. The van der Waals surface area contributed by atoms with E-state index in [9.17, 15) is 4.79 Å². The van der Waals surface area contributed by atoms with E-state index in [1.54, 1.807) is 0 Å². The first-order valence-electron chi connectivity index (χ1n) is 9.25. The highest BCUT2D eigenvalue weighted by Crippen LogP contribution is 2.20. The average molecular weight is 323 g/mol. The minimum Gasteiger partial charge on any atom is -0.357 e. The van der Waals surface area contributed by atoms with Gasteiger partial charge in [-0.1, -0.05) is 6.92 Å². The predicted molar refractivity (Wildman–Crippen MR) is 94.6 cm³/mol. The smallest absolute Gasteiger partial charge is 0.220 e. The van der Waals surface area contributed by atoms with Crippen LogP contribution in [0, 0.1) is 5.92 Å². The molecule has 6 heteroatoms. The van der Waals surface area contributed by atoms with Crippen LogP contribution in [0.5, 0.6) is 0 Å². The van der Waals surface area contributed by atoms with Gasteiger partial charge in [0, 0.05) is 32.1 Å². The van der Waals surface area contributed by atoms with E-state index in [1.807, 2.05) is 0 Å². The van der Waals surface area contributed by atoms with E-state index in [0.29, 0.717) is 19.0 Å². The fraction of sp³-hybridized carbons (Fsp3) is 0.882. The molecule has 1 amide bonds. The lowest BCUT2D eigenvalue weighted by atomic mass is 9.94. The van der Waals surface area contributed by atoms with Crippen molar-refractivity contribution in [3.63, 3.8) is 0 Å². The number of hydrogen-bond donors (Lipinski definition) is 3. The summed E-state index contributed by atoms with van der Waals surface area (Å²) in [4.78, 5) is 18.5. The highest BCUT2D eigenvalue weighted by atomic mass is 16.1. The monoisotopic (exact) mass is 323 g/mol. The molecule has 1 unspecified atom stereocenters. The van der Waals surface area contributed by atoms with Crippen LogP contribution in [0.15, 0.2) is 4.99 Å². The van der Waals surface area contributed by atoms with Crippen molar-refractivity contribution in [2.75, 3.05) is 39.3 Å². The maximum Gasteiger partial charge on any atom is 0.220 e. The summed E-state index contributed by atoms with van der Waals surface area (Å²) in [7, 11) is 0. The third kappa shape index (κ3) is 6.37. The molecule has 0 spiro atoms. The van der Waals surface area contributed by atoms with Crippen molar-refractivity contribution < 1.29 is 4.79 Å². The van der Waals surface area contributed by atoms with E-state index in [1.165, 1.54) is 38.9 Å². The van der Waals surface area contributed by atoms with Crippen molar-refractivity contribution in [1.82, 2.24) is 20.9 Å². The third-order valence-electron chi connectivity index (χ3n) is 4.91. The van der Waals surface area contributed by atoms with E-state index in [-0.39, 0.29) is 5.91 Å². The molecule has 6 nitrogen and oxygen atoms in total. The lowest BCUT2D eigenvalue weighted by Gasteiger charge is -2.30. The third-order valence-corrected chi connectivity index (χ3v) is 4.91. The molecule has 2 aliphatic heterocycles. The van der Waals surface area contributed by atoms with Gasteiger partial charge in [-0.2, -0.15) is 0 Å². The molecule has 0 saturated carbocycles. The predicted octanol–water partition coefficient (Wildman–Crippen LogP) is 0.942. The summed E-state index contributed by atoms with van der Waals surface area (Å²) in [6, 6.07) is 0.290. The Morgan fingerprint density at radius 3 is 2.70 bits per heavy atom. The Bertz CT molecular complexity index is 380. The van der Waals surface area contributed by atoms with Crippen molar-refractivity contribution in [3.8, 4) is 0 Å². The fourth-order valence-electron chi connectivity index (χ4n) is 3.32. The van der Waals surface area contributed by atoms with E-state index in [4.69, 9.17) is 4.99 Å². The zero-order valence-corrected chi connectivity index (χ0v) is 14.7. The highest BCUT2D eigenvalue weighted by Gasteiger charge is 2.19. The standard InChI is InChI=1S/C17H33N5O/c1-3-18-17(21-15-5-6-16(23)20-13-15)19-10-7-14-8-11-22(4-2)12-9-14/h14-15H,3-13H2,1-2H3,(H,20,23)(H2,18,19,21). The maximum atomic E-state index is 11.2. The summed E-state index contributed by atoms with van der Waals surface area (Å²) in [6.45, 7) is 10.4. The Hall–Kier alpha value is -1.30. The van der Waals surface area contributed by atoms with Crippen LogP contribution in [0.25, 0.3) is 0 Å². The first-order chi connectivity index (χ1) is 11.2. The molecule has 1 atom stereocenters. The molecule has 3 N–H and O–H groups in total. The number of nitrogens with one attached hydrogen (secondary N) is 3. The fourth-order valence-corrected chi connectivity index (χ4v) is 3.32. The molecule has 23 heavy (non-hydrogen) atoms. The molecule has 0 aromatic carbocycles. The second-order valence-corrected chi connectivity index (χ2v) is 6.61. The van der Waals surface area contributed by atoms with E-state index >= 15 is 0 Å². The van der Waals surface area contributed by atoms with Crippen LogP contribution in [0.2, 0.25) is 0 Å². The Kier molecular flexibility index (Phi) is 7.65. The number of carbonyl (C=O) groups is 1. The van der Waals surface area contributed by atoms with Gasteiger partial charge < -0.3 is 20.9 Å². The zero-order valence-electron chi connectivity index (χ0n) is 14.7. The zero-order chi connectivity index (χ0) is 16.5. The Labute approximate surface area is 140 Å². The molecule has 0 aromatic heterocycles. The summed E-state index contributed by atoms with van der Waals surface area (Å²) in [5, 5.41) is 9.67. The van der Waals surface area contributed by atoms with Gasteiger partial charge in [-0.15, -0.1) is 0 Å². The van der Waals surface area contributed by atoms with Crippen LogP contribution >= 0.6 is 0 Å². The van der Waals surface area contributed by atoms with Crippen LogP contribution in [0.3, 0.4) is 0 Å². The second kappa shape index (κ2) is 9.75. The molecule has 0 bridgehead atoms. The maximum absolute atomic E-state index is 11.2. The summed E-state index contributed by atoms with van der Waals surface area (Å²) in [6.07, 6.45) is 5.28. The van der Waals surface area contributed by atoms with Gasteiger partial charge in [0.1, 0.15) is 0 Å². The molecule has 132 valence electrons. The van der Waals surface area contributed by atoms with Crippen molar-refractivity contribution in [2.45, 2.75) is 52.0 Å². The lowest BCUT2D eigenvalue weighted by Crippen LogP contribution is -2.51. The van der Waals surface area contributed by atoms with Gasteiger partial charge >= 0.3 is 0 Å². The van der Waals surface area contributed by atoms with Gasteiger partial charge in [0.15, 0.2) is 5.96 Å². The van der Waals surface area contributed by atoms with Crippen LogP contribution in [0.4, 0.5) is 0 Å². The van der Waals surface area contributed by atoms with Crippen molar-refractivity contribution in [1.29, 1.82) is 0 Å². The van der Waals surface area contributed by atoms with Crippen LogP contribution in [-0.4, -0.2) is 62.1 Å². The second-order valence-electron chi connectivity index (χ2n) is 6.61. The molecule has 0 aromatic rings. The SMILES string of the molecule is CCNC(=NCCC1CCN(CC)CC1)NC1CCC(=O)NC1. The number of aliphatic imine (C=N–C) groups is 1. The van der Waals surface area contributed by atoms with Crippen molar-refractivity contribution in [3.05, 3.63) is 0 Å². The number of rotatable bonds is 6. The lowest BCUT2D eigenvalue weighted by molar-refractivity contribution is -0.122. The van der Waals surface area contributed by atoms with Crippen molar-refractivity contribution >= 4 is 11.9 Å². The van der Waals surface area contributed by atoms with Gasteiger partial charge in [0.05, 0.1) is 0 Å². The Morgan fingerprint density at radius 2 is 2.09 bits per heavy atom. The minimum absolute atomic E-state index is 0.156. The summed E-state index contributed by atoms with van der Waals surface area (Å²) >= 11 is 0. The largest absolute Gasteiger partial charge is 0.357 e.